The van der Waals surface area contributed by atoms with Gasteiger partial charge in [-0.1, -0.05) is 60.7 Å². The molecule has 7 heterocycles. The summed E-state index contributed by atoms with van der Waals surface area (Å²) in [6.07, 6.45) is 7.20. The average molecular weight is 709 g/mol. The number of benzene rings is 4. The number of H-pyrrole nitrogens is 1. The van der Waals surface area contributed by atoms with Crippen molar-refractivity contribution in [2.24, 2.45) is 0 Å². The van der Waals surface area contributed by atoms with Gasteiger partial charge < -0.3 is 9.40 Å². The molecule has 0 atom stereocenters. The maximum atomic E-state index is 6.62. The Morgan fingerprint density at radius 3 is 1.87 bits per heavy atom. The summed E-state index contributed by atoms with van der Waals surface area (Å²) < 4.78 is 8.82. The third kappa shape index (κ3) is 5.02. The fourth-order valence-electron chi connectivity index (χ4n) is 7.74. The van der Waals surface area contributed by atoms with Crippen LogP contribution in [0.3, 0.4) is 0 Å². The second-order valence-corrected chi connectivity index (χ2v) is 13.3. The maximum absolute atomic E-state index is 6.62. The van der Waals surface area contributed by atoms with Crippen LogP contribution in [-0.2, 0) is 0 Å². The first-order chi connectivity index (χ1) is 27.3. The SMILES string of the molecule is c1cncc(-c2cccc(-c3cccc4c3[nH]c3cccc(-c5nnc(-c6cccc7c6c6ccccc6n7-c6cccc(-c7cccnc7)n6)o5)c34)n2)c1. The molecule has 0 aliphatic heterocycles. The van der Waals surface area contributed by atoms with E-state index in [0.29, 0.717) is 11.8 Å². The molecule has 9 nitrogen and oxygen atoms in total. The molecule has 55 heavy (non-hydrogen) atoms. The van der Waals surface area contributed by atoms with Crippen LogP contribution in [0.2, 0.25) is 0 Å². The number of aromatic nitrogens is 8. The van der Waals surface area contributed by atoms with E-state index in [1.807, 2.05) is 103 Å². The van der Waals surface area contributed by atoms with Crippen LogP contribution >= 0.6 is 0 Å². The van der Waals surface area contributed by atoms with Crippen molar-refractivity contribution in [3.63, 3.8) is 0 Å². The van der Waals surface area contributed by atoms with Gasteiger partial charge in [0.15, 0.2) is 0 Å². The minimum absolute atomic E-state index is 0.439. The predicted molar refractivity (Wildman–Crippen MR) is 216 cm³/mol. The maximum Gasteiger partial charge on any atom is 0.248 e. The normalized spacial score (nSPS) is 11.6. The molecular weight excluding hydrogens is 681 g/mol. The van der Waals surface area contributed by atoms with Crippen molar-refractivity contribution in [2.75, 3.05) is 0 Å². The van der Waals surface area contributed by atoms with Crippen LogP contribution in [0, 0.1) is 0 Å². The standard InChI is InChI=1S/C46H28N8O/c1-2-21-39-31(12-1)43-34(16-5-22-40(43)54(39)41-23-7-18-36(50-41)29-11-9-25-48-27-29)46-53-52-45(55-46)33-15-4-20-38-42(33)32-14-3-13-30(44(32)51-38)37-19-6-17-35(49-37)28-10-8-24-47-26-28/h1-27,51H. The average Bonchev–Trinajstić information content (AvgIpc) is 3.99. The monoisotopic (exact) mass is 708 g/mol. The Hall–Kier alpha value is -7.78. The first kappa shape index (κ1) is 30.8. The second-order valence-electron chi connectivity index (χ2n) is 13.3. The number of nitrogens with zero attached hydrogens (tertiary/aromatic N) is 7. The van der Waals surface area contributed by atoms with Gasteiger partial charge in [0.1, 0.15) is 5.82 Å². The van der Waals surface area contributed by atoms with Gasteiger partial charge in [-0.15, -0.1) is 10.2 Å². The lowest BCUT2D eigenvalue weighted by atomic mass is 10.0. The molecule has 0 spiro atoms. The van der Waals surface area contributed by atoms with E-state index in [9.17, 15) is 0 Å². The van der Waals surface area contributed by atoms with Crippen molar-refractivity contribution in [1.82, 2.24) is 39.7 Å². The van der Waals surface area contributed by atoms with Crippen LogP contribution in [0.1, 0.15) is 0 Å². The van der Waals surface area contributed by atoms with Crippen LogP contribution in [0.5, 0.6) is 0 Å². The third-order valence-electron chi connectivity index (χ3n) is 10.1. The fourth-order valence-corrected chi connectivity index (χ4v) is 7.74. The van der Waals surface area contributed by atoms with Gasteiger partial charge in [0.25, 0.3) is 0 Å². The van der Waals surface area contributed by atoms with Gasteiger partial charge in [-0.05, 0) is 78.9 Å². The Morgan fingerprint density at radius 2 is 1.09 bits per heavy atom. The smallest absolute Gasteiger partial charge is 0.248 e. The van der Waals surface area contributed by atoms with Crippen molar-refractivity contribution in [3.8, 4) is 62.5 Å². The summed E-state index contributed by atoms with van der Waals surface area (Å²) in [6, 6.07) is 47.0. The number of para-hydroxylation sites is 2. The summed E-state index contributed by atoms with van der Waals surface area (Å²) in [5.41, 5.74) is 11.2. The van der Waals surface area contributed by atoms with Gasteiger partial charge >= 0.3 is 0 Å². The molecule has 0 radical (unpaired) electrons. The topological polar surface area (TPSA) is 111 Å². The summed E-state index contributed by atoms with van der Waals surface area (Å²) in [5.74, 6) is 1.69. The number of hydrogen-bond acceptors (Lipinski definition) is 7. The number of aromatic amines is 1. The zero-order chi connectivity index (χ0) is 36.3. The van der Waals surface area contributed by atoms with Crippen molar-refractivity contribution in [1.29, 1.82) is 0 Å². The van der Waals surface area contributed by atoms with E-state index in [2.05, 4.69) is 78.2 Å². The number of nitrogens with one attached hydrogen (secondary N) is 1. The lowest BCUT2D eigenvalue weighted by Gasteiger charge is -2.09. The zero-order valence-corrected chi connectivity index (χ0v) is 29.1. The zero-order valence-electron chi connectivity index (χ0n) is 29.1. The molecular formula is C46H28N8O. The fraction of sp³-hybridized carbons (Fsp3) is 0. The quantitative estimate of drug-likeness (QED) is 0.183. The number of fused-ring (bicyclic) bond motifs is 6. The van der Waals surface area contributed by atoms with Crippen molar-refractivity contribution < 1.29 is 4.42 Å². The molecule has 0 fully saturated rings. The highest BCUT2D eigenvalue weighted by Gasteiger charge is 2.22. The Labute approximate surface area is 313 Å². The third-order valence-corrected chi connectivity index (χ3v) is 10.1. The first-order valence-electron chi connectivity index (χ1n) is 17.9. The lowest BCUT2D eigenvalue weighted by Crippen LogP contribution is -1.98. The molecule has 9 heteroatoms. The lowest BCUT2D eigenvalue weighted by molar-refractivity contribution is 0.586. The number of rotatable bonds is 6. The van der Waals surface area contributed by atoms with Gasteiger partial charge in [-0.2, -0.15) is 0 Å². The van der Waals surface area contributed by atoms with E-state index in [-0.39, 0.29) is 0 Å². The van der Waals surface area contributed by atoms with Crippen LogP contribution in [0.15, 0.2) is 169 Å². The van der Waals surface area contributed by atoms with Crippen LogP contribution in [0.4, 0.5) is 0 Å². The predicted octanol–water partition coefficient (Wildman–Crippen LogP) is 10.7. The molecule has 0 amide bonds. The molecule has 1 N–H and O–H groups in total. The van der Waals surface area contributed by atoms with E-state index in [1.54, 1.807) is 12.4 Å². The Bertz CT molecular complexity index is 3220. The van der Waals surface area contributed by atoms with Gasteiger partial charge in [0, 0.05) is 79.7 Å². The van der Waals surface area contributed by atoms with Gasteiger partial charge in [-0.25, -0.2) is 9.97 Å². The van der Waals surface area contributed by atoms with Gasteiger partial charge in [0.05, 0.1) is 33.6 Å². The van der Waals surface area contributed by atoms with Crippen molar-refractivity contribution in [2.45, 2.75) is 0 Å². The van der Waals surface area contributed by atoms with Crippen molar-refractivity contribution in [3.05, 3.63) is 164 Å². The van der Waals surface area contributed by atoms with E-state index in [0.717, 1.165) is 94.3 Å². The molecule has 11 rings (SSSR count). The summed E-state index contributed by atoms with van der Waals surface area (Å²) >= 11 is 0. The van der Waals surface area contributed by atoms with Crippen LogP contribution in [0.25, 0.3) is 106 Å². The summed E-state index contributed by atoms with van der Waals surface area (Å²) in [4.78, 5) is 22.4. The number of hydrogen-bond donors (Lipinski definition) is 1. The molecule has 7 aromatic heterocycles. The minimum atomic E-state index is 0.439. The minimum Gasteiger partial charge on any atom is -0.416 e. The molecule has 0 unspecified atom stereocenters. The molecule has 0 saturated heterocycles. The van der Waals surface area contributed by atoms with Crippen LogP contribution < -0.4 is 0 Å². The molecule has 4 aromatic carbocycles. The molecule has 0 aliphatic rings. The summed E-state index contributed by atoms with van der Waals surface area (Å²) in [5, 5.41) is 13.4. The second kappa shape index (κ2) is 12.4. The molecule has 11 aromatic rings. The van der Waals surface area contributed by atoms with E-state index >= 15 is 0 Å². The van der Waals surface area contributed by atoms with Crippen LogP contribution in [-0.4, -0.2) is 39.7 Å². The van der Waals surface area contributed by atoms with E-state index in [1.165, 1.54) is 0 Å². The summed E-state index contributed by atoms with van der Waals surface area (Å²) in [6.45, 7) is 0. The van der Waals surface area contributed by atoms with Gasteiger partial charge in [-0.3, -0.25) is 14.5 Å². The first-order valence-corrected chi connectivity index (χ1v) is 17.9. The summed E-state index contributed by atoms with van der Waals surface area (Å²) in [7, 11) is 0. The highest BCUT2D eigenvalue weighted by atomic mass is 16.4. The largest absolute Gasteiger partial charge is 0.416 e. The highest BCUT2D eigenvalue weighted by Crippen LogP contribution is 2.41. The Balaban J connectivity index is 1.04. The molecule has 258 valence electrons. The number of pyridine rings is 4. The van der Waals surface area contributed by atoms with Gasteiger partial charge in [0.2, 0.25) is 11.8 Å². The molecule has 0 aliphatic carbocycles. The Morgan fingerprint density at radius 1 is 0.473 bits per heavy atom. The van der Waals surface area contributed by atoms with E-state index < -0.39 is 0 Å². The van der Waals surface area contributed by atoms with E-state index in [4.69, 9.17) is 14.4 Å². The molecule has 0 bridgehead atoms. The highest BCUT2D eigenvalue weighted by molar-refractivity contribution is 6.17. The van der Waals surface area contributed by atoms with Crippen molar-refractivity contribution >= 4 is 43.6 Å². The Kier molecular flexibility index (Phi) is 6.96. The molecule has 0 saturated carbocycles.